The zero-order valence-electron chi connectivity index (χ0n) is 21.3. The summed E-state index contributed by atoms with van der Waals surface area (Å²) in [5.41, 5.74) is 9.19. The van der Waals surface area contributed by atoms with Crippen molar-refractivity contribution in [3.8, 4) is 11.3 Å². The number of rotatable bonds is 11. The number of benzene rings is 2. The molecule has 0 saturated heterocycles. The Hall–Kier alpha value is -3.75. The molecular formula is C29H28Cl2FN5O2. The number of primary amides is 1. The Balaban J connectivity index is 1.61. The maximum absolute atomic E-state index is 13.8. The molecule has 10 heteroatoms. The van der Waals surface area contributed by atoms with E-state index in [2.05, 4.69) is 10.3 Å². The molecule has 7 nitrogen and oxygen atoms in total. The Labute approximate surface area is 236 Å². The summed E-state index contributed by atoms with van der Waals surface area (Å²) in [7, 11) is 0. The normalized spacial score (nSPS) is 11.8. The predicted octanol–water partition coefficient (Wildman–Crippen LogP) is 5.46. The van der Waals surface area contributed by atoms with Gasteiger partial charge in [-0.25, -0.2) is 9.37 Å². The molecule has 2 aromatic heterocycles. The molecule has 0 fully saturated rings. The molecule has 3 N–H and O–H groups in total. The van der Waals surface area contributed by atoms with E-state index < -0.39 is 11.8 Å². The second-order valence-corrected chi connectivity index (χ2v) is 10.0. The number of carbonyl (C=O) groups is 2. The molecule has 0 aliphatic carbocycles. The summed E-state index contributed by atoms with van der Waals surface area (Å²) < 4.78 is 15.8. The Morgan fingerprint density at radius 2 is 1.90 bits per heavy atom. The Bertz CT molecular complexity index is 1460. The quantitative estimate of drug-likeness (QED) is 0.235. The van der Waals surface area contributed by atoms with Crippen LogP contribution < -0.4 is 11.1 Å². The maximum Gasteiger partial charge on any atom is 0.231 e. The number of hydrogen-bond donors (Lipinski definition) is 2. The minimum absolute atomic E-state index is 0.0981. The van der Waals surface area contributed by atoms with Crippen molar-refractivity contribution in [2.24, 2.45) is 5.73 Å². The molecule has 202 valence electrons. The first kappa shape index (κ1) is 28.3. The smallest absolute Gasteiger partial charge is 0.231 e. The van der Waals surface area contributed by atoms with Crippen LogP contribution in [0, 0.1) is 12.7 Å². The minimum Gasteiger partial charge on any atom is -0.369 e. The lowest BCUT2D eigenvalue weighted by molar-refractivity contribution is -0.121. The van der Waals surface area contributed by atoms with E-state index in [0.717, 1.165) is 18.5 Å². The van der Waals surface area contributed by atoms with Gasteiger partial charge in [-0.15, -0.1) is 0 Å². The number of aromatic nitrogens is 3. The maximum atomic E-state index is 13.8. The molecule has 2 amide bonds. The van der Waals surface area contributed by atoms with Crippen molar-refractivity contribution in [1.29, 1.82) is 0 Å². The summed E-state index contributed by atoms with van der Waals surface area (Å²) >= 11 is 12.9. The molecule has 0 bridgehead atoms. The number of halogens is 3. The first-order chi connectivity index (χ1) is 18.7. The number of imidazole rings is 1. The molecule has 0 aliphatic rings. The van der Waals surface area contributed by atoms with Crippen LogP contribution in [0.5, 0.6) is 0 Å². The third-order valence-electron chi connectivity index (χ3n) is 6.35. The topological polar surface area (TPSA) is 103 Å². The lowest BCUT2D eigenvalue weighted by atomic mass is 9.91. The van der Waals surface area contributed by atoms with Crippen LogP contribution in [-0.2, 0) is 22.6 Å². The van der Waals surface area contributed by atoms with E-state index in [9.17, 15) is 14.0 Å². The average molecular weight is 568 g/mol. The van der Waals surface area contributed by atoms with Gasteiger partial charge < -0.3 is 15.6 Å². The van der Waals surface area contributed by atoms with Gasteiger partial charge in [0.25, 0.3) is 0 Å². The highest BCUT2D eigenvalue weighted by Crippen LogP contribution is 2.36. The van der Waals surface area contributed by atoms with Crippen LogP contribution in [0.25, 0.3) is 11.3 Å². The van der Waals surface area contributed by atoms with Crippen molar-refractivity contribution in [2.45, 2.75) is 38.6 Å². The highest BCUT2D eigenvalue weighted by atomic mass is 35.5. The first-order valence-electron chi connectivity index (χ1n) is 12.5. The summed E-state index contributed by atoms with van der Waals surface area (Å²) in [5, 5.41) is 3.50. The van der Waals surface area contributed by atoms with Gasteiger partial charge in [0.1, 0.15) is 11.7 Å². The van der Waals surface area contributed by atoms with Crippen LogP contribution in [0.4, 0.5) is 4.39 Å². The van der Waals surface area contributed by atoms with E-state index in [1.165, 1.54) is 12.1 Å². The third-order valence-corrected chi connectivity index (χ3v) is 7.01. The highest BCUT2D eigenvalue weighted by Gasteiger charge is 2.28. The molecule has 2 aromatic carbocycles. The number of nitrogens with zero attached hydrogens (tertiary/aromatic N) is 3. The van der Waals surface area contributed by atoms with Gasteiger partial charge >= 0.3 is 0 Å². The van der Waals surface area contributed by atoms with Gasteiger partial charge in [-0.2, -0.15) is 0 Å². The van der Waals surface area contributed by atoms with Gasteiger partial charge in [0, 0.05) is 53.1 Å². The molecule has 0 radical (unpaired) electrons. The van der Waals surface area contributed by atoms with Gasteiger partial charge in [-0.1, -0.05) is 29.3 Å². The molecule has 0 spiro atoms. The zero-order valence-corrected chi connectivity index (χ0v) is 22.8. The van der Waals surface area contributed by atoms with Crippen molar-refractivity contribution < 1.29 is 14.0 Å². The van der Waals surface area contributed by atoms with Crippen LogP contribution in [0.15, 0.2) is 67.3 Å². The summed E-state index contributed by atoms with van der Waals surface area (Å²) in [6.07, 6.45) is 6.71. The van der Waals surface area contributed by atoms with Crippen LogP contribution in [0.1, 0.15) is 41.1 Å². The van der Waals surface area contributed by atoms with Crippen molar-refractivity contribution in [1.82, 2.24) is 19.9 Å². The summed E-state index contributed by atoms with van der Waals surface area (Å²) in [6.45, 7) is 3.07. The number of pyridine rings is 1. The van der Waals surface area contributed by atoms with E-state index >= 15 is 0 Å². The highest BCUT2D eigenvalue weighted by molar-refractivity contribution is 6.36. The molecule has 1 unspecified atom stereocenters. The van der Waals surface area contributed by atoms with E-state index in [0.29, 0.717) is 41.0 Å². The number of nitrogens with one attached hydrogen (secondary N) is 1. The fraction of sp³-hybridized carbons (Fsp3) is 0.241. The number of aryl methyl sites for hydroxylation is 3. The number of amides is 2. The standard InChI is InChI=1S/C29H28Cl2FN5O2/c1-18-14-20(32)7-8-21(18)24-15-19(6-9-26(38)35-10-3-12-37-13-11-34-17-37)16-25(36-24)28(29(33)39)27-22(30)4-2-5-23(27)31/h2,4-5,7-8,11,13-17,28H,3,6,9-10,12H2,1H3,(H2,33,39)(H,35,38). The molecule has 4 rings (SSSR count). The van der Waals surface area contributed by atoms with Crippen molar-refractivity contribution in [3.05, 3.63) is 105 Å². The largest absolute Gasteiger partial charge is 0.369 e. The van der Waals surface area contributed by atoms with E-state index in [1.54, 1.807) is 49.8 Å². The number of carbonyl (C=O) groups excluding carboxylic acids is 2. The van der Waals surface area contributed by atoms with Gasteiger partial charge in [0.05, 0.1) is 17.7 Å². The zero-order chi connectivity index (χ0) is 27.9. The lowest BCUT2D eigenvalue weighted by Gasteiger charge is -2.19. The van der Waals surface area contributed by atoms with Gasteiger partial charge in [-0.3, -0.25) is 14.6 Å². The molecule has 1 atom stereocenters. The minimum atomic E-state index is -1.03. The van der Waals surface area contributed by atoms with Crippen LogP contribution >= 0.6 is 23.2 Å². The second-order valence-electron chi connectivity index (χ2n) is 9.22. The molecule has 4 aromatic rings. The van der Waals surface area contributed by atoms with Crippen molar-refractivity contribution in [2.75, 3.05) is 6.54 Å². The van der Waals surface area contributed by atoms with Crippen LogP contribution in [0.3, 0.4) is 0 Å². The Morgan fingerprint density at radius 1 is 1.13 bits per heavy atom. The molecule has 39 heavy (non-hydrogen) atoms. The van der Waals surface area contributed by atoms with E-state index in [4.69, 9.17) is 33.9 Å². The van der Waals surface area contributed by atoms with Crippen molar-refractivity contribution >= 4 is 35.0 Å². The lowest BCUT2D eigenvalue weighted by Crippen LogP contribution is -2.26. The molecule has 2 heterocycles. The first-order valence-corrected chi connectivity index (χ1v) is 13.2. The third kappa shape index (κ3) is 7.22. The van der Waals surface area contributed by atoms with Gasteiger partial charge in [0.2, 0.25) is 11.8 Å². The van der Waals surface area contributed by atoms with E-state index in [1.807, 2.05) is 16.8 Å². The Morgan fingerprint density at radius 3 is 2.56 bits per heavy atom. The summed E-state index contributed by atoms with van der Waals surface area (Å²) in [6, 6.07) is 12.9. The number of nitrogens with two attached hydrogens (primary N) is 1. The monoisotopic (exact) mass is 567 g/mol. The number of hydrogen-bond acceptors (Lipinski definition) is 4. The van der Waals surface area contributed by atoms with E-state index in [-0.39, 0.29) is 28.2 Å². The Kier molecular flexibility index (Phi) is 9.32. The second kappa shape index (κ2) is 12.9. The van der Waals surface area contributed by atoms with Crippen LogP contribution in [-0.4, -0.2) is 32.9 Å². The predicted molar refractivity (Wildman–Crippen MR) is 150 cm³/mol. The summed E-state index contributed by atoms with van der Waals surface area (Å²) in [4.78, 5) is 34.0. The summed E-state index contributed by atoms with van der Waals surface area (Å²) in [5.74, 6) is -2.16. The van der Waals surface area contributed by atoms with Gasteiger partial charge in [0.15, 0.2) is 0 Å². The average Bonchev–Trinajstić information content (AvgIpc) is 3.41. The molecule has 0 saturated carbocycles. The fourth-order valence-electron chi connectivity index (χ4n) is 4.43. The fourth-order valence-corrected chi connectivity index (χ4v) is 5.05. The molecule has 0 aliphatic heterocycles. The van der Waals surface area contributed by atoms with Gasteiger partial charge in [-0.05, 0) is 73.4 Å². The van der Waals surface area contributed by atoms with Crippen LogP contribution in [0.2, 0.25) is 10.0 Å². The molecular weight excluding hydrogens is 540 g/mol. The van der Waals surface area contributed by atoms with Crippen molar-refractivity contribution in [3.63, 3.8) is 0 Å². The SMILES string of the molecule is Cc1cc(F)ccc1-c1cc(CCC(=O)NCCCn2ccnc2)cc(C(C(N)=O)c2c(Cl)cccc2Cl)n1.